The third kappa shape index (κ3) is 8.18. The van der Waals surface area contributed by atoms with Crippen LogP contribution in [0.4, 0.5) is 18.9 Å². The fraction of sp³-hybridized carbons (Fsp3) is 0.409. The second-order valence-corrected chi connectivity index (χ2v) is 8.46. The molecule has 2 amide bonds. The van der Waals surface area contributed by atoms with Crippen molar-refractivity contribution in [2.75, 3.05) is 11.9 Å². The fourth-order valence-corrected chi connectivity index (χ4v) is 2.82. The van der Waals surface area contributed by atoms with Gasteiger partial charge in [-0.15, -0.1) is 0 Å². The number of anilines is 1. The number of phenolic OH excluding ortho intramolecular Hbond substituents is 1. The second-order valence-electron chi connectivity index (χ2n) is 8.46. The molecule has 1 atom stereocenters. The Labute approximate surface area is 184 Å². The van der Waals surface area contributed by atoms with Gasteiger partial charge in [-0.25, -0.2) is 0 Å². The molecule has 0 fully saturated rings. The van der Waals surface area contributed by atoms with Gasteiger partial charge in [-0.05, 0) is 51.5 Å². The van der Waals surface area contributed by atoms with Crippen molar-refractivity contribution in [3.05, 3.63) is 53.3 Å². The zero-order valence-electron chi connectivity index (χ0n) is 18.3. The standard InChI is InChI=1S/C22H27F3N4O3/c1-13(27-12-22(23,24)25)14-5-6-18(30)15(9-14)10-19(31)28-16-7-8-26-17(11-16)20(32)29-21(2,3)4/h5-9,11,13,27,30H,10,12H2,1-4H3,(H,29,32)(H,26,28,31). The quantitative estimate of drug-likeness (QED) is 0.513. The first kappa shape index (κ1) is 25.1. The van der Waals surface area contributed by atoms with E-state index < -0.39 is 30.2 Å². The number of benzene rings is 1. The summed E-state index contributed by atoms with van der Waals surface area (Å²) in [4.78, 5) is 28.7. The normalized spacial score (nSPS) is 12.8. The summed E-state index contributed by atoms with van der Waals surface area (Å²) >= 11 is 0. The van der Waals surface area contributed by atoms with E-state index in [0.717, 1.165) is 0 Å². The van der Waals surface area contributed by atoms with Gasteiger partial charge in [0.2, 0.25) is 5.91 Å². The molecule has 0 saturated carbocycles. The maximum atomic E-state index is 12.5. The molecule has 32 heavy (non-hydrogen) atoms. The molecule has 0 spiro atoms. The molecule has 174 valence electrons. The van der Waals surface area contributed by atoms with Gasteiger partial charge in [-0.1, -0.05) is 12.1 Å². The maximum absolute atomic E-state index is 12.5. The molecule has 0 aliphatic heterocycles. The summed E-state index contributed by atoms with van der Waals surface area (Å²) in [7, 11) is 0. The fourth-order valence-electron chi connectivity index (χ4n) is 2.82. The lowest BCUT2D eigenvalue weighted by Gasteiger charge is -2.20. The zero-order valence-corrected chi connectivity index (χ0v) is 18.3. The summed E-state index contributed by atoms with van der Waals surface area (Å²) in [5.74, 6) is -1.01. The van der Waals surface area contributed by atoms with E-state index in [9.17, 15) is 27.9 Å². The van der Waals surface area contributed by atoms with Gasteiger partial charge in [0.1, 0.15) is 11.4 Å². The van der Waals surface area contributed by atoms with Crippen LogP contribution in [-0.4, -0.2) is 40.2 Å². The van der Waals surface area contributed by atoms with Crippen molar-refractivity contribution in [1.82, 2.24) is 15.6 Å². The number of alkyl halides is 3. The van der Waals surface area contributed by atoms with E-state index in [2.05, 4.69) is 20.9 Å². The summed E-state index contributed by atoms with van der Waals surface area (Å²) in [6.07, 6.45) is -3.17. The van der Waals surface area contributed by atoms with Crippen LogP contribution in [0.15, 0.2) is 36.5 Å². The van der Waals surface area contributed by atoms with Crippen molar-refractivity contribution >= 4 is 17.5 Å². The van der Waals surface area contributed by atoms with Crippen LogP contribution in [0.5, 0.6) is 5.75 Å². The van der Waals surface area contributed by atoms with E-state index >= 15 is 0 Å². The Balaban J connectivity index is 2.07. The number of aromatic hydroxyl groups is 1. The number of nitrogens with one attached hydrogen (secondary N) is 3. The highest BCUT2D eigenvalue weighted by molar-refractivity contribution is 5.96. The number of hydrogen-bond donors (Lipinski definition) is 4. The number of carbonyl (C=O) groups excluding carboxylic acids is 2. The van der Waals surface area contributed by atoms with E-state index in [-0.39, 0.29) is 29.3 Å². The molecule has 1 aromatic heterocycles. The monoisotopic (exact) mass is 452 g/mol. The van der Waals surface area contributed by atoms with Gasteiger partial charge in [-0.2, -0.15) is 13.2 Å². The van der Waals surface area contributed by atoms with E-state index in [1.54, 1.807) is 6.92 Å². The van der Waals surface area contributed by atoms with Crippen LogP contribution < -0.4 is 16.0 Å². The Bertz CT molecular complexity index is 972. The van der Waals surface area contributed by atoms with Crippen LogP contribution in [0.3, 0.4) is 0 Å². The average Bonchev–Trinajstić information content (AvgIpc) is 2.66. The highest BCUT2D eigenvalue weighted by atomic mass is 19.4. The molecule has 0 saturated heterocycles. The second kappa shape index (κ2) is 9.99. The molecule has 2 rings (SSSR count). The number of halogens is 3. The van der Waals surface area contributed by atoms with Crippen molar-refractivity contribution in [2.24, 2.45) is 0 Å². The minimum absolute atomic E-state index is 0.132. The summed E-state index contributed by atoms with van der Waals surface area (Å²) in [6, 6.07) is 6.63. The van der Waals surface area contributed by atoms with E-state index in [4.69, 9.17) is 0 Å². The maximum Gasteiger partial charge on any atom is 0.401 e. The minimum Gasteiger partial charge on any atom is -0.508 e. The van der Waals surface area contributed by atoms with Crippen molar-refractivity contribution in [2.45, 2.75) is 51.9 Å². The first-order chi connectivity index (χ1) is 14.7. The lowest BCUT2D eigenvalue weighted by Crippen LogP contribution is -2.40. The van der Waals surface area contributed by atoms with Gasteiger partial charge in [0, 0.05) is 29.0 Å². The molecule has 0 bridgehead atoms. The summed E-state index contributed by atoms with van der Waals surface area (Å²) in [5.41, 5.74) is 0.791. The third-order valence-corrected chi connectivity index (χ3v) is 4.33. The smallest absolute Gasteiger partial charge is 0.401 e. The van der Waals surface area contributed by atoms with Crippen LogP contribution in [-0.2, 0) is 11.2 Å². The number of nitrogens with zero attached hydrogens (tertiary/aromatic N) is 1. The molecule has 1 unspecified atom stereocenters. The third-order valence-electron chi connectivity index (χ3n) is 4.33. The summed E-state index contributed by atoms with van der Waals surface area (Å²) < 4.78 is 37.3. The predicted molar refractivity (Wildman–Crippen MR) is 114 cm³/mol. The number of pyridine rings is 1. The van der Waals surface area contributed by atoms with Crippen LogP contribution in [0.2, 0.25) is 0 Å². The highest BCUT2D eigenvalue weighted by Crippen LogP contribution is 2.24. The predicted octanol–water partition coefficient (Wildman–Crippen LogP) is 3.71. The van der Waals surface area contributed by atoms with Crippen LogP contribution in [0, 0.1) is 0 Å². The Hall–Kier alpha value is -3.14. The molecular weight excluding hydrogens is 425 g/mol. The Morgan fingerprint density at radius 3 is 2.44 bits per heavy atom. The zero-order chi connectivity index (χ0) is 24.1. The molecule has 0 aliphatic rings. The lowest BCUT2D eigenvalue weighted by atomic mass is 10.0. The first-order valence-electron chi connectivity index (χ1n) is 9.94. The van der Waals surface area contributed by atoms with Gasteiger partial charge < -0.3 is 21.1 Å². The molecule has 0 aliphatic carbocycles. The average molecular weight is 452 g/mol. The van der Waals surface area contributed by atoms with Crippen molar-refractivity contribution in [3.8, 4) is 5.75 Å². The van der Waals surface area contributed by atoms with Gasteiger partial charge >= 0.3 is 6.18 Å². The number of carbonyl (C=O) groups is 2. The van der Waals surface area contributed by atoms with Crippen LogP contribution in [0.25, 0.3) is 0 Å². The molecule has 7 nitrogen and oxygen atoms in total. The molecular formula is C22H27F3N4O3. The molecule has 1 heterocycles. The van der Waals surface area contributed by atoms with Crippen molar-refractivity contribution < 1.29 is 27.9 Å². The molecule has 0 radical (unpaired) electrons. The number of phenols is 1. The Kier molecular flexibility index (Phi) is 7.84. The Morgan fingerprint density at radius 1 is 1.12 bits per heavy atom. The number of amides is 2. The number of hydrogen-bond acceptors (Lipinski definition) is 5. The van der Waals surface area contributed by atoms with Gasteiger partial charge in [0.15, 0.2) is 0 Å². The minimum atomic E-state index is -4.35. The highest BCUT2D eigenvalue weighted by Gasteiger charge is 2.27. The van der Waals surface area contributed by atoms with E-state index in [0.29, 0.717) is 11.3 Å². The van der Waals surface area contributed by atoms with Crippen molar-refractivity contribution in [1.29, 1.82) is 0 Å². The largest absolute Gasteiger partial charge is 0.508 e. The molecule has 1 aromatic carbocycles. The molecule has 2 aromatic rings. The van der Waals surface area contributed by atoms with Crippen molar-refractivity contribution in [3.63, 3.8) is 0 Å². The Morgan fingerprint density at radius 2 is 1.81 bits per heavy atom. The molecule has 4 N–H and O–H groups in total. The first-order valence-corrected chi connectivity index (χ1v) is 9.94. The summed E-state index contributed by atoms with van der Waals surface area (Å²) in [6.45, 7) is 5.89. The van der Waals surface area contributed by atoms with Crippen LogP contribution in [0.1, 0.15) is 55.4 Å². The molecule has 10 heteroatoms. The summed E-state index contributed by atoms with van der Waals surface area (Å²) in [5, 5.41) is 17.8. The van der Waals surface area contributed by atoms with Crippen LogP contribution >= 0.6 is 0 Å². The van der Waals surface area contributed by atoms with Gasteiger partial charge in [-0.3, -0.25) is 14.6 Å². The number of rotatable bonds is 7. The van der Waals surface area contributed by atoms with Gasteiger partial charge in [0.25, 0.3) is 5.91 Å². The number of aromatic nitrogens is 1. The van der Waals surface area contributed by atoms with E-state index in [1.807, 2.05) is 20.8 Å². The SMILES string of the molecule is CC(NCC(F)(F)F)c1ccc(O)c(CC(=O)Nc2ccnc(C(=O)NC(C)(C)C)c2)c1. The van der Waals surface area contributed by atoms with Gasteiger partial charge in [0.05, 0.1) is 13.0 Å². The topological polar surface area (TPSA) is 103 Å². The lowest BCUT2D eigenvalue weighted by molar-refractivity contribution is -0.126. The van der Waals surface area contributed by atoms with E-state index in [1.165, 1.54) is 36.5 Å².